The second-order valence-electron chi connectivity index (χ2n) is 5.49. The molecule has 0 atom stereocenters. The lowest BCUT2D eigenvalue weighted by Crippen LogP contribution is -2.28. The average molecular weight is 397 g/mol. The molecule has 0 aliphatic carbocycles. The molecule has 0 bridgehead atoms. The van der Waals surface area contributed by atoms with Crippen LogP contribution in [0.15, 0.2) is 82.2 Å². The van der Waals surface area contributed by atoms with Gasteiger partial charge in [-0.1, -0.05) is 40.2 Å². The van der Waals surface area contributed by atoms with Gasteiger partial charge in [-0.2, -0.15) is 0 Å². The Kier molecular flexibility index (Phi) is 5.80. The fraction of sp³-hybridized carbons (Fsp3) is 0.100. The Bertz CT molecular complexity index is 845. The molecule has 126 valence electrons. The van der Waals surface area contributed by atoms with E-state index in [1.54, 1.807) is 29.6 Å². The number of nitrogens with zero attached hydrogens (tertiary/aromatic N) is 2. The van der Waals surface area contributed by atoms with E-state index in [4.69, 9.17) is 4.42 Å². The molecule has 2 heterocycles. The third-order valence-electron chi connectivity index (χ3n) is 3.65. The van der Waals surface area contributed by atoms with Crippen molar-refractivity contribution in [1.82, 2.24) is 9.88 Å². The lowest BCUT2D eigenvalue weighted by molar-refractivity contribution is -0.127. The third kappa shape index (κ3) is 4.90. The highest BCUT2D eigenvalue weighted by atomic mass is 79.9. The van der Waals surface area contributed by atoms with Gasteiger partial charge >= 0.3 is 0 Å². The largest absolute Gasteiger partial charge is 0.467 e. The molecule has 5 heteroatoms. The SMILES string of the molecule is O=C(/C=C/c1ccccc1Br)N(Cc1cccnc1)Cc1ccco1. The number of benzene rings is 1. The Morgan fingerprint density at radius 3 is 2.72 bits per heavy atom. The highest BCUT2D eigenvalue weighted by Crippen LogP contribution is 2.18. The van der Waals surface area contributed by atoms with Gasteiger partial charge in [-0.3, -0.25) is 9.78 Å². The molecule has 1 aromatic carbocycles. The second kappa shape index (κ2) is 8.44. The number of carbonyl (C=O) groups is 1. The van der Waals surface area contributed by atoms with Crippen LogP contribution >= 0.6 is 15.9 Å². The van der Waals surface area contributed by atoms with Crippen LogP contribution in [0.4, 0.5) is 0 Å². The summed E-state index contributed by atoms with van der Waals surface area (Å²) in [7, 11) is 0. The van der Waals surface area contributed by atoms with Gasteiger partial charge < -0.3 is 9.32 Å². The zero-order valence-electron chi connectivity index (χ0n) is 13.5. The number of pyridine rings is 1. The number of furan rings is 1. The molecule has 3 rings (SSSR count). The van der Waals surface area contributed by atoms with E-state index in [0.717, 1.165) is 21.4 Å². The maximum absolute atomic E-state index is 12.7. The standard InChI is InChI=1S/C20H17BrN2O2/c21-19-8-2-1-6-17(19)9-10-20(24)23(15-18-7-4-12-25-18)14-16-5-3-11-22-13-16/h1-13H,14-15H2/b10-9+. The van der Waals surface area contributed by atoms with Gasteiger partial charge in [-0.15, -0.1) is 0 Å². The molecule has 0 fully saturated rings. The first kappa shape index (κ1) is 17.2. The Morgan fingerprint density at radius 2 is 2.00 bits per heavy atom. The van der Waals surface area contributed by atoms with Crippen LogP contribution in [-0.4, -0.2) is 15.8 Å². The first-order valence-corrected chi connectivity index (χ1v) is 8.64. The minimum atomic E-state index is -0.0870. The van der Waals surface area contributed by atoms with E-state index in [-0.39, 0.29) is 5.91 Å². The average Bonchev–Trinajstić information content (AvgIpc) is 3.14. The first-order chi connectivity index (χ1) is 12.2. The molecule has 0 spiro atoms. The van der Waals surface area contributed by atoms with Crippen LogP contribution in [0.1, 0.15) is 16.9 Å². The second-order valence-corrected chi connectivity index (χ2v) is 6.34. The van der Waals surface area contributed by atoms with Crippen LogP contribution in [0.5, 0.6) is 0 Å². The highest BCUT2D eigenvalue weighted by Gasteiger charge is 2.14. The fourth-order valence-corrected chi connectivity index (χ4v) is 2.81. The summed E-state index contributed by atoms with van der Waals surface area (Å²) in [6.07, 6.45) is 8.48. The number of amides is 1. The van der Waals surface area contributed by atoms with Crippen molar-refractivity contribution in [1.29, 1.82) is 0 Å². The molecule has 3 aromatic rings. The Hall–Kier alpha value is -2.66. The van der Waals surface area contributed by atoms with E-state index >= 15 is 0 Å². The van der Waals surface area contributed by atoms with E-state index in [9.17, 15) is 4.79 Å². The van der Waals surface area contributed by atoms with Gasteiger partial charge in [-0.05, 0) is 41.5 Å². The number of carbonyl (C=O) groups excluding carboxylic acids is 1. The summed E-state index contributed by atoms with van der Waals surface area (Å²) in [5, 5.41) is 0. The van der Waals surface area contributed by atoms with Crippen molar-refractivity contribution >= 4 is 27.9 Å². The van der Waals surface area contributed by atoms with E-state index in [0.29, 0.717) is 13.1 Å². The molecule has 0 saturated heterocycles. The maximum atomic E-state index is 12.7. The topological polar surface area (TPSA) is 46.3 Å². The lowest BCUT2D eigenvalue weighted by atomic mass is 10.2. The van der Waals surface area contributed by atoms with Crippen LogP contribution in [0, 0.1) is 0 Å². The van der Waals surface area contributed by atoms with Gasteiger partial charge in [0, 0.05) is 29.5 Å². The third-order valence-corrected chi connectivity index (χ3v) is 4.37. The molecule has 4 nitrogen and oxygen atoms in total. The molecular formula is C20H17BrN2O2. The quantitative estimate of drug-likeness (QED) is 0.568. The summed E-state index contributed by atoms with van der Waals surface area (Å²) in [5.41, 5.74) is 1.92. The minimum absolute atomic E-state index is 0.0870. The molecule has 0 aliphatic rings. The van der Waals surface area contributed by atoms with E-state index in [2.05, 4.69) is 20.9 Å². The van der Waals surface area contributed by atoms with Crippen molar-refractivity contribution in [2.45, 2.75) is 13.1 Å². The van der Waals surface area contributed by atoms with Crippen LogP contribution in [0.3, 0.4) is 0 Å². The number of hydrogen-bond donors (Lipinski definition) is 0. The fourth-order valence-electron chi connectivity index (χ4n) is 2.39. The van der Waals surface area contributed by atoms with E-state index in [1.165, 1.54) is 0 Å². The molecule has 0 saturated carbocycles. The summed E-state index contributed by atoms with van der Waals surface area (Å²) in [4.78, 5) is 18.6. The Labute approximate surface area is 154 Å². The normalized spacial score (nSPS) is 10.9. The number of halogens is 1. The van der Waals surface area contributed by atoms with Gasteiger partial charge in [0.2, 0.25) is 5.91 Å². The van der Waals surface area contributed by atoms with Crippen molar-refractivity contribution in [3.05, 3.63) is 94.6 Å². The Morgan fingerprint density at radius 1 is 1.12 bits per heavy atom. The van der Waals surface area contributed by atoms with Gasteiger partial charge in [-0.25, -0.2) is 0 Å². The minimum Gasteiger partial charge on any atom is -0.467 e. The molecule has 2 aromatic heterocycles. The van der Waals surface area contributed by atoms with Gasteiger partial charge in [0.25, 0.3) is 0 Å². The van der Waals surface area contributed by atoms with E-state index in [1.807, 2.05) is 54.6 Å². The van der Waals surface area contributed by atoms with E-state index < -0.39 is 0 Å². The summed E-state index contributed by atoms with van der Waals surface area (Å²) in [6.45, 7) is 0.870. The van der Waals surface area contributed by atoms with Gasteiger partial charge in [0.05, 0.1) is 12.8 Å². The van der Waals surface area contributed by atoms with Crippen LogP contribution in [0.25, 0.3) is 6.08 Å². The van der Waals surface area contributed by atoms with Crippen LogP contribution in [0.2, 0.25) is 0 Å². The van der Waals surface area contributed by atoms with Crippen molar-refractivity contribution in [2.75, 3.05) is 0 Å². The van der Waals surface area contributed by atoms with Crippen molar-refractivity contribution in [2.24, 2.45) is 0 Å². The monoisotopic (exact) mass is 396 g/mol. The van der Waals surface area contributed by atoms with Crippen molar-refractivity contribution in [3.63, 3.8) is 0 Å². The summed E-state index contributed by atoms with van der Waals surface area (Å²) in [6, 6.07) is 15.3. The lowest BCUT2D eigenvalue weighted by Gasteiger charge is -2.20. The molecule has 0 unspecified atom stereocenters. The summed E-state index contributed by atoms with van der Waals surface area (Å²) >= 11 is 3.49. The number of aromatic nitrogens is 1. The summed E-state index contributed by atoms with van der Waals surface area (Å²) in [5.74, 6) is 0.655. The Balaban J connectivity index is 1.77. The zero-order valence-corrected chi connectivity index (χ0v) is 15.1. The first-order valence-electron chi connectivity index (χ1n) is 7.85. The number of rotatable bonds is 6. The van der Waals surface area contributed by atoms with Crippen molar-refractivity contribution in [3.8, 4) is 0 Å². The molecule has 25 heavy (non-hydrogen) atoms. The smallest absolute Gasteiger partial charge is 0.247 e. The molecule has 0 radical (unpaired) electrons. The van der Waals surface area contributed by atoms with Gasteiger partial charge in [0.15, 0.2) is 0 Å². The van der Waals surface area contributed by atoms with Crippen LogP contribution in [-0.2, 0) is 17.9 Å². The van der Waals surface area contributed by atoms with Gasteiger partial charge in [0.1, 0.15) is 5.76 Å². The highest BCUT2D eigenvalue weighted by molar-refractivity contribution is 9.10. The van der Waals surface area contributed by atoms with Crippen LogP contribution < -0.4 is 0 Å². The predicted molar refractivity (Wildman–Crippen MR) is 100 cm³/mol. The maximum Gasteiger partial charge on any atom is 0.247 e. The van der Waals surface area contributed by atoms with Crippen molar-refractivity contribution < 1.29 is 9.21 Å². The predicted octanol–water partition coefficient (Wildman–Crippen LogP) is 4.68. The molecule has 1 amide bonds. The number of hydrogen-bond acceptors (Lipinski definition) is 3. The molecule has 0 aliphatic heterocycles. The molecule has 0 N–H and O–H groups in total. The molecular weight excluding hydrogens is 380 g/mol. The zero-order chi connectivity index (χ0) is 17.5. The summed E-state index contributed by atoms with van der Waals surface area (Å²) < 4.78 is 6.34.